The molecule has 0 radical (unpaired) electrons. The molecule has 0 amide bonds. The van der Waals surface area contributed by atoms with Gasteiger partial charge in [-0.15, -0.1) is 0 Å². The van der Waals surface area contributed by atoms with Crippen LogP contribution in [0.15, 0.2) is 60.7 Å². The van der Waals surface area contributed by atoms with Crippen molar-refractivity contribution in [2.75, 3.05) is 6.54 Å². The normalized spacial score (nSPS) is 16.9. The molecule has 2 aromatic carbocycles. The number of aliphatic hydroxyl groups is 1. The van der Waals surface area contributed by atoms with E-state index in [-0.39, 0.29) is 0 Å². The Morgan fingerprint density at radius 3 is 1.80 bits per heavy atom. The van der Waals surface area contributed by atoms with Crippen molar-refractivity contribution in [1.29, 1.82) is 0 Å². The number of benzene rings is 2. The molecule has 1 N–H and O–H groups in total. The number of rotatable bonds is 8. The van der Waals surface area contributed by atoms with Gasteiger partial charge in [-0.3, -0.25) is 4.90 Å². The van der Waals surface area contributed by atoms with Crippen molar-refractivity contribution in [2.24, 2.45) is 0 Å². The Hall–Kier alpha value is -1.64. The molecule has 25 heavy (non-hydrogen) atoms. The highest BCUT2D eigenvalue weighted by Gasteiger charge is 2.28. The first-order valence-electron chi connectivity index (χ1n) is 9.76. The first-order chi connectivity index (χ1) is 12.2. The Kier molecular flexibility index (Phi) is 6.66. The van der Waals surface area contributed by atoms with Crippen molar-refractivity contribution in [3.05, 3.63) is 71.8 Å². The summed E-state index contributed by atoms with van der Waals surface area (Å²) in [6, 6.07) is 21.4. The van der Waals surface area contributed by atoms with Gasteiger partial charge in [-0.2, -0.15) is 0 Å². The molecule has 2 heteroatoms. The lowest BCUT2D eigenvalue weighted by molar-refractivity contribution is -0.00763. The molecule has 0 heterocycles. The van der Waals surface area contributed by atoms with E-state index in [1.165, 1.54) is 30.4 Å². The Balaban J connectivity index is 1.57. The molecule has 0 unspecified atom stereocenters. The van der Waals surface area contributed by atoms with Crippen LogP contribution in [0.5, 0.6) is 0 Å². The van der Waals surface area contributed by atoms with E-state index < -0.39 is 5.60 Å². The molecule has 2 aromatic rings. The molecule has 0 spiro atoms. The van der Waals surface area contributed by atoms with Crippen LogP contribution in [0.1, 0.15) is 56.1 Å². The second-order valence-corrected chi connectivity index (χ2v) is 7.57. The Bertz CT molecular complexity index is 563. The van der Waals surface area contributed by atoms with Crippen LogP contribution in [0, 0.1) is 0 Å². The van der Waals surface area contributed by atoms with Crippen molar-refractivity contribution in [3.63, 3.8) is 0 Å². The summed E-state index contributed by atoms with van der Waals surface area (Å²) in [5.74, 6) is 0. The lowest BCUT2D eigenvalue weighted by Gasteiger charge is -2.33. The fourth-order valence-electron chi connectivity index (χ4n) is 3.99. The summed E-state index contributed by atoms with van der Waals surface area (Å²) in [6.07, 6.45) is 7.65. The van der Waals surface area contributed by atoms with E-state index in [2.05, 4.69) is 65.6 Å². The summed E-state index contributed by atoms with van der Waals surface area (Å²) in [5, 5.41) is 10.7. The van der Waals surface area contributed by atoms with Crippen molar-refractivity contribution in [3.8, 4) is 0 Å². The second kappa shape index (κ2) is 9.17. The van der Waals surface area contributed by atoms with Crippen LogP contribution in [0.3, 0.4) is 0 Å². The second-order valence-electron chi connectivity index (χ2n) is 7.57. The van der Waals surface area contributed by atoms with Gasteiger partial charge in [-0.05, 0) is 43.4 Å². The maximum atomic E-state index is 10.7. The molecular formula is C23H31NO. The molecular weight excluding hydrogens is 306 g/mol. The quantitative estimate of drug-likeness (QED) is 0.719. The van der Waals surface area contributed by atoms with Gasteiger partial charge in [0.1, 0.15) is 0 Å². The summed E-state index contributed by atoms with van der Waals surface area (Å²) < 4.78 is 0. The minimum absolute atomic E-state index is 0.399. The highest BCUT2D eigenvalue weighted by atomic mass is 16.3. The van der Waals surface area contributed by atoms with Gasteiger partial charge in [0, 0.05) is 13.1 Å². The lowest BCUT2D eigenvalue weighted by Crippen LogP contribution is -2.33. The van der Waals surface area contributed by atoms with Gasteiger partial charge in [-0.1, -0.05) is 79.9 Å². The van der Waals surface area contributed by atoms with E-state index in [1.54, 1.807) is 0 Å². The molecule has 0 aromatic heterocycles. The topological polar surface area (TPSA) is 23.5 Å². The average Bonchev–Trinajstić information content (AvgIpc) is 2.64. The molecule has 0 bridgehead atoms. The third kappa shape index (κ3) is 5.98. The summed E-state index contributed by atoms with van der Waals surface area (Å²) in [7, 11) is 0. The van der Waals surface area contributed by atoms with Crippen LogP contribution in [0.2, 0.25) is 0 Å². The zero-order chi connectivity index (χ0) is 17.4. The van der Waals surface area contributed by atoms with Gasteiger partial charge < -0.3 is 5.11 Å². The van der Waals surface area contributed by atoms with Crippen LogP contribution >= 0.6 is 0 Å². The van der Waals surface area contributed by atoms with E-state index in [0.29, 0.717) is 0 Å². The highest BCUT2D eigenvalue weighted by molar-refractivity contribution is 5.17. The van der Waals surface area contributed by atoms with Crippen LogP contribution in [0.25, 0.3) is 0 Å². The number of hydrogen-bond acceptors (Lipinski definition) is 2. The summed E-state index contributed by atoms with van der Waals surface area (Å²) in [5.41, 5.74) is 2.31. The molecule has 0 saturated heterocycles. The predicted octanol–water partition coefficient (Wildman–Crippen LogP) is 5.16. The highest BCUT2D eigenvalue weighted by Crippen LogP contribution is 2.31. The van der Waals surface area contributed by atoms with Crippen LogP contribution in [-0.2, 0) is 13.1 Å². The van der Waals surface area contributed by atoms with Crippen molar-refractivity contribution in [1.82, 2.24) is 4.90 Å². The van der Waals surface area contributed by atoms with Gasteiger partial charge in [0.05, 0.1) is 5.60 Å². The van der Waals surface area contributed by atoms with E-state index in [1.807, 2.05) is 0 Å². The molecule has 2 nitrogen and oxygen atoms in total. The Labute approximate surface area is 152 Å². The van der Waals surface area contributed by atoms with E-state index in [4.69, 9.17) is 0 Å². The third-order valence-electron chi connectivity index (χ3n) is 5.40. The van der Waals surface area contributed by atoms with Gasteiger partial charge in [0.15, 0.2) is 0 Å². The van der Waals surface area contributed by atoms with Crippen LogP contribution in [-0.4, -0.2) is 22.2 Å². The Morgan fingerprint density at radius 2 is 1.28 bits per heavy atom. The number of nitrogens with zero attached hydrogens (tertiary/aromatic N) is 1. The maximum absolute atomic E-state index is 10.7. The fourth-order valence-corrected chi connectivity index (χ4v) is 3.99. The zero-order valence-corrected chi connectivity index (χ0v) is 15.2. The lowest BCUT2D eigenvalue weighted by atomic mass is 9.81. The van der Waals surface area contributed by atoms with Crippen LogP contribution < -0.4 is 0 Å². The van der Waals surface area contributed by atoms with Crippen molar-refractivity contribution < 1.29 is 5.11 Å². The van der Waals surface area contributed by atoms with Crippen LogP contribution in [0.4, 0.5) is 0 Å². The monoisotopic (exact) mass is 337 g/mol. The predicted molar refractivity (Wildman–Crippen MR) is 104 cm³/mol. The van der Waals surface area contributed by atoms with E-state index >= 15 is 0 Å². The summed E-state index contributed by atoms with van der Waals surface area (Å²) in [6.45, 7) is 2.97. The standard InChI is InChI=1S/C23H31NO/c25-23(15-8-3-9-16-23)17-10-18-24(19-21-11-4-1-5-12-21)20-22-13-6-2-7-14-22/h1-2,4-7,11-14,25H,3,8-10,15-20H2. The smallest absolute Gasteiger partial charge is 0.0648 e. The number of hydrogen-bond donors (Lipinski definition) is 1. The molecule has 1 saturated carbocycles. The molecule has 1 fully saturated rings. The summed E-state index contributed by atoms with van der Waals surface area (Å²) in [4.78, 5) is 2.51. The largest absolute Gasteiger partial charge is 0.390 e. The molecule has 134 valence electrons. The van der Waals surface area contributed by atoms with Gasteiger partial charge in [0.25, 0.3) is 0 Å². The van der Waals surface area contributed by atoms with Crippen molar-refractivity contribution >= 4 is 0 Å². The Morgan fingerprint density at radius 1 is 0.760 bits per heavy atom. The van der Waals surface area contributed by atoms with Gasteiger partial charge in [0.2, 0.25) is 0 Å². The average molecular weight is 338 g/mol. The first kappa shape index (κ1) is 18.2. The zero-order valence-electron chi connectivity index (χ0n) is 15.2. The molecule has 1 aliphatic carbocycles. The minimum atomic E-state index is -0.399. The first-order valence-corrected chi connectivity index (χ1v) is 9.76. The maximum Gasteiger partial charge on any atom is 0.0648 e. The molecule has 0 aliphatic heterocycles. The SMILES string of the molecule is OC1(CCCN(Cc2ccccc2)Cc2ccccc2)CCCCC1. The van der Waals surface area contributed by atoms with E-state index in [9.17, 15) is 5.11 Å². The molecule has 1 aliphatic rings. The summed E-state index contributed by atoms with van der Waals surface area (Å²) >= 11 is 0. The van der Waals surface area contributed by atoms with Gasteiger partial charge in [-0.25, -0.2) is 0 Å². The fraction of sp³-hybridized carbons (Fsp3) is 0.478. The molecule has 0 atom stereocenters. The third-order valence-corrected chi connectivity index (χ3v) is 5.40. The van der Waals surface area contributed by atoms with Gasteiger partial charge >= 0.3 is 0 Å². The minimum Gasteiger partial charge on any atom is -0.390 e. The van der Waals surface area contributed by atoms with Crippen molar-refractivity contribution in [2.45, 2.75) is 63.6 Å². The molecule has 3 rings (SSSR count). The van der Waals surface area contributed by atoms with E-state index in [0.717, 1.165) is 45.3 Å².